The highest BCUT2D eigenvalue weighted by Crippen LogP contribution is 2.30. The van der Waals surface area contributed by atoms with Crippen molar-refractivity contribution in [3.8, 4) is 0 Å². The first-order valence-electron chi connectivity index (χ1n) is 10.1. The van der Waals surface area contributed by atoms with Gasteiger partial charge in [0.2, 0.25) is 5.91 Å². The summed E-state index contributed by atoms with van der Waals surface area (Å²) in [6.45, 7) is 4.31. The van der Waals surface area contributed by atoms with E-state index in [2.05, 4.69) is 5.32 Å². The number of hydrogen-bond donors (Lipinski definition) is 1. The Bertz CT molecular complexity index is 1150. The molecule has 0 bridgehead atoms. The summed E-state index contributed by atoms with van der Waals surface area (Å²) in [6, 6.07) is 11.5. The van der Waals surface area contributed by atoms with E-state index < -0.39 is 16.2 Å². The second kappa shape index (κ2) is 9.34. The SMILES string of the molecule is CCC(CC)(NC(=O)CCCn1c(=O)oc2cc([N+](=O)[O-])ccc21)c1ccc(Cl)cc1. The van der Waals surface area contributed by atoms with Gasteiger partial charge in [-0.15, -0.1) is 0 Å². The van der Waals surface area contributed by atoms with E-state index in [9.17, 15) is 19.7 Å². The van der Waals surface area contributed by atoms with Crippen LogP contribution in [0.1, 0.15) is 45.1 Å². The maximum atomic E-state index is 12.7. The van der Waals surface area contributed by atoms with Crippen LogP contribution in [0.2, 0.25) is 5.02 Å². The number of nitro benzene ring substituents is 1. The lowest BCUT2D eigenvalue weighted by Gasteiger charge is -2.33. The number of nitro groups is 1. The summed E-state index contributed by atoms with van der Waals surface area (Å²) in [5.41, 5.74) is 0.982. The Morgan fingerprint density at radius 2 is 1.87 bits per heavy atom. The molecule has 9 heteroatoms. The molecule has 3 aromatic rings. The average molecular weight is 446 g/mol. The molecule has 3 rings (SSSR count). The van der Waals surface area contributed by atoms with Gasteiger partial charge in [0.1, 0.15) is 0 Å². The Morgan fingerprint density at radius 3 is 2.48 bits per heavy atom. The van der Waals surface area contributed by atoms with Crippen LogP contribution >= 0.6 is 11.6 Å². The molecule has 1 heterocycles. The van der Waals surface area contributed by atoms with Gasteiger partial charge in [0.15, 0.2) is 5.58 Å². The van der Waals surface area contributed by atoms with Gasteiger partial charge >= 0.3 is 5.76 Å². The number of hydrogen-bond acceptors (Lipinski definition) is 5. The summed E-state index contributed by atoms with van der Waals surface area (Å²) < 4.78 is 6.51. The number of rotatable bonds is 9. The first kappa shape index (κ1) is 22.6. The van der Waals surface area contributed by atoms with Crippen LogP contribution in [0.4, 0.5) is 5.69 Å². The van der Waals surface area contributed by atoms with Crippen molar-refractivity contribution >= 4 is 34.3 Å². The standard InChI is InChI=1S/C22H24ClN3O5/c1-3-22(4-2,15-7-9-16(23)10-8-15)24-20(27)6-5-13-25-18-12-11-17(26(29)30)14-19(18)31-21(25)28/h7-12,14H,3-6,13H2,1-2H3,(H,24,27). The van der Waals surface area contributed by atoms with Gasteiger partial charge in [-0.3, -0.25) is 19.5 Å². The number of halogens is 1. The van der Waals surface area contributed by atoms with Gasteiger partial charge < -0.3 is 9.73 Å². The Kier molecular flexibility index (Phi) is 6.80. The van der Waals surface area contributed by atoms with Crippen molar-refractivity contribution in [2.45, 2.75) is 51.6 Å². The van der Waals surface area contributed by atoms with Crippen molar-refractivity contribution in [1.29, 1.82) is 0 Å². The van der Waals surface area contributed by atoms with Crippen LogP contribution in [0.25, 0.3) is 11.1 Å². The highest BCUT2D eigenvalue weighted by atomic mass is 35.5. The Balaban J connectivity index is 1.68. The maximum Gasteiger partial charge on any atom is 0.419 e. The third kappa shape index (κ3) is 4.80. The van der Waals surface area contributed by atoms with Gasteiger partial charge in [0.25, 0.3) is 5.69 Å². The second-order valence-corrected chi connectivity index (χ2v) is 7.81. The number of non-ortho nitro benzene ring substituents is 1. The van der Waals surface area contributed by atoms with Crippen molar-refractivity contribution < 1.29 is 14.1 Å². The number of nitrogens with one attached hydrogen (secondary N) is 1. The Hall–Kier alpha value is -3.13. The summed E-state index contributed by atoms with van der Waals surface area (Å²) in [5, 5.41) is 14.7. The zero-order valence-electron chi connectivity index (χ0n) is 17.4. The fraction of sp³-hybridized carbons (Fsp3) is 0.364. The smallest absolute Gasteiger partial charge is 0.407 e. The monoisotopic (exact) mass is 445 g/mol. The molecule has 1 N–H and O–H groups in total. The van der Waals surface area contributed by atoms with Gasteiger partial charge in [-0.25, -0.2) is 4.79 Å². The molecule has 0 radical (unpaired) electrons. The van der Waals surface area contributed by atoms with Crippen LogP contribution in [0, 0.1) is 10.1 Å². The average Bonchev–Trinajstić information content (AvgIpc) is 3.07. The molecule has 1 amide bonds. The third-order valence-electron chi connectivity index (χ3n) is 5.63. The van der Waals surface area contributed by atoms with Crippen LogP contribution in [-0.4, -0.2) is 15.4 Å². The molecule has 0 unspecified atom stereocenters. The summed E-state index contributed by atoms with van der Waals surface area (Å²) in [5.74, 6) is -0.719. The van der Waals surface area contributed by atoms with Crippen molar-refractivity contribution in [1.82, 2.24) is 9.88 Å². The van der Waals surface area contributed by atoms with Crippen molar-refractivity contribution in [3.63, 3.8) is 0 Å². The van der Waals surface area contributed by atoms with E-state index in [1.54, 1.807) is 0 Å². The molecule has 8 nitrogen and oxygen atoms in total. The molecule has 0 saturated carbocycles. The number of aromatic nitrogens is 1. The summed E-state index contributed by atoms with van der Waals surface area (Å²) in [6.07, 6.45) is 2.09. The predicted octanol–water partition coefficient (Wildman–Crippen LogP) is 4.77. The van der Waals surface area contributed by atoms with Crippen LogP contribution in [0.15, 0.2) is 51.7 Å². The molecule has 0 fully saturated rings. The van der Waals surface area contributed by atoms with Crippen LogP contribution in [0.3, 0.4) is 0 Å². The second-order valence-electron chi connectivity index (χ2n) is 7.38. The fourth-order valence-electron chi connectivity index (χ4n) is 3.78. The number of amides is 1. The van der Waals surface area contributed by atoms with E-state index in [-0.39, 0.29) is 30.1 Å². The Morgan fingerprint density at radius 1 is 1.19 bits per heavy atom. The summed E-state index contributed by atoms with van der Waals surface area (Å²) in [7, 11) is 0. The maximum absolute atomic E-state index is 12.7. The van der Waals surface area contributed by atoms with Gasteiger partial charge in [0.05, 0.1) is 22.0 Å². The van der Waals surface area contributed by atoms with Gasteiger partial charge in [0, 0.05) is 24.1 Å². The zero-order valence-corrected chi connectivity index (χ0v) is 18.1. The lowest BCUT2D eigenvalue weighted by Crippen LogP contribution is -2.45. The fourth-order valence-corrected chi connectivity index (χ4v) is 3.91. The molecule has 164 valence electrons. The zero-order chi connectivity index (χ0) is 22.6. The number of aryl methyl sites for hydroxylation is 1. The molecular formula is C22H24ClN3O5. The minimum Gasteiger partial charge on any atom is -0.407 e. The first-order valence-corrected chi connectivity index (χ1v) is 10.5. The number of fused-ring (bicyclic) bond motifs is 1. The molecule has 0 saturated heterocycles. The van der Waals surface area contributed by atoms with E-state index in [4.69, 9.17) is 16.0 Å². The topological polar surface area (TPSA) is 107 Å². The van der Waals surface area contributed by atoms with Crippen LogP contribution < -0.4 is 11.1 Å². The van der Waals surface area contributed by atoms with Gasteiger partial charge in [-0.1, -0.05) is 37.6 Å². The van der Waals surface area contributed by atoms with Crippen LogP contribution in [0.5, 0.6) is 0 Å². The molecule has 1 aromatic heterocycles. The van der Waals surface area contributed by atoms with E-state index in [0.717, 1.165) is 18.4 Å². The molecular weight excluding hydrogens is 422 g/mol. The number of benzene rings is 2. The van der Waals surface area contributed by atoms with E-state index in [0.29, 0.717) is 17.0 Å². The van der Waals surface area contributed by atoms with Gasteiger partial charge in [-0.05, 0) is 43.0 Å². The highest BCUT2D eigenvalue weighted by Gasteiger charge is 2.30. The third-order valence-corrected chi connectivity index (χ3v) is 5.88. The Labute approximate surface area is 184 Å². The van der Waals surface area contributed by atoms with Crippen molar-refractivity contribution in [3.05, 3.63) is 73.7 Å². The molecule has 0 spiro atoms. The highest BCUT2D eigenvalue weighted by molar-refractivity contribution is 6.30. The van der Waals surface area contributed by atoms with Gasteiger partial charge in [-0.2, -0.15) is 0 Å². The minimum atomic E-state index is -0.603. The quantitative estimate of drug-likeness (QED) is 0.377. The van der Waals surface area contributed by atoms with E-state index in [1.165, 1.54) is 22.8 Å². The number of nitrogens with zero attached hydrogens (tertiary/aromatic N) is 2. The summed E-state index contributed by atoms with van der Waals surface area (Å²) in [4.78, 5) is 35.2. The number of oxazole rings is 1. The lowest BCUT2D eigenvalue weighted by atomic mass is 9.84. The molecule has 0 aliphatic rings. The lowest BCUT2D eigenvalue weighted by molar-refractivity contribution is -0.384. The molecule has 0 atom stereocenters. The van der Waals surface area contributed by atoms with Crippen molar-refractivity contribution in [2.75, 3.05) is 0 Å². The number of carbonyl (C=O) groups is 1. The molecule has 31 heavy (non-hydrogen) atoms. The van der Waals surface area contributed by atoms with E-state index in [1.807, 2.05) is 38.1 Å². The number of carbonyl (C=O) groups excluding carboxylic acids is 1. The normalized spacial score (nSPS) is 11.6. The first-order chi connectivity index (χ1) is 14.8. The largest absolute Gasteiger partial charge is 0.419 e. The molecule has 0 aliphatic heterocycles. The minimum absolute atomic E-state index is 0.116. The predicted molar refractivity (Wildman–Crippen MR) is 118 cm³/mol. The molecule has 2 aromatic carbocycles. The van der Waals surface area contributed by atoms with E-state index >= 15 is 0 Å². The molecule has 0 aliphatic carbocycles. The van der Waals surface area contributed by atoms with Crippen LogP contribution in [-0.2, 0) is 16.9 Å². The summed E-state index contributed by atoms with van der Waals surface area (Å²) >= 11 is 5.99. The van der Waals surface area contributed by atoms with Crippen molar-refractivity contribution in [2.24, 2.45) is 0 Å².